The molecule has 1 saturated carbocycles. The lowest BCUT2D eigenvalue weighted by atomic mass is 9.76. The van der Waals surface area contributed by atoms with Gasteiger partial charge >= 0.3 is 0 Å². The Morgan fingerprint density at radius 1 is 1.37 bits per heavy atom. The van der Waals surface area contributed by atoms with Gasteiger partial charge in [0.2, 0.25) is 0 Å². The van der Waals surface area contributed by atoms with E-state index in [4.69, 9.17) is 9.47 Å². The van der Waals surface area contributed by atoms with Crippen molar-refractivity contribution >= 4 is 31.9 Å². The van der Waals surface area contributed by atoms with Crippen LogP contribution in [0.1, 0.15) is 43.0 Å². The predicted molar refractivity (Wildman–Crippen MR) is 85.2 cm³/mol. The molecule has 1 aliphatic rings. The first-order valence-electron chi connectivity index (χ1n) is 6.72. The van der Waals surface area contributed by atoms with Crippen molar-refractivity contribution in [2.45, 2.75) is 43.0 Å². The lowest BCUT2D eigenvalue weighted by Crippen LogP contribution is -2.39. The molecule has 4 heteroatoms. The fraction of sp³-hybridized carbons (Fsp3) is 0.600. The molecule has 1 aromatic rings. The number of halogens is 2. The van der Waals surface area contributed by atoms with Gasteiger partial charge in [-0.05, 0) is 66.2 Å². The molecule has 19 heavy (non-hydrogen) atoms. The maximum Gasteiger partial charge on any atom is 0.133 e. The number of alkyl halides is 1. The van der Waals surface area contributed by atoms with E-state index in [2.05, 4.69) is 44.0 Å². The summed E-state index contributed by atoms with van der Waals surface area (Å²) in [6.07, 6.45) is 4.64. The molecule has 106 valence electrons. The van der Waals surface area contributed by atoms with Crippen LogP contribution in [0.25, 0.3) is 0 Å². The van der Waals surface area contributed by atoms with Gasteiger partial charge < -0.3 is 9.47 Å². The van der Waals surface area contributed by atoms with Crippen LogP contribution < -0.4 is 4.74 Å². The summed E-state index contributed by atoms with van der Waals surface area (Å²) < 4.78 is 12.2. The van der Waals surface area contributed by atoms with Gasteiger partial charge in [-0.15, -0.1) is 0 Å². The van der Waals surface area contributed by atoms with Gasteiger partial charge in [-0.1, -0.05) is 22.0 Å². The van der Waals surface area contributed by atoms with Crippen LogP contribution in [0.5, 0.6) is 5.75 Å². The topological polar surface area (TPSA) is 18.5 Å². The van der Waals surface area contributed by atoms with Crippen molar-refractivity contribution in [2.75, 3.05) is 13.7 Å². The van der Waals surface area contributed by atoms with E-state index in [9.17, 15) is 0 Å². The highest BCUT2D eigenvalue weighted by Crippen LogP contribution is 2.45. The van der Waals surface area contributed by atoms with E-state index in [-0.39, 0.29) is 5.60 Å². The molecule has 1 aromatic carbocycles. The predicted octanol–water partition coefficient (Wildman–Crippen LogP) is 5.24. The van der Waals surface area contributed by atoms with Gasteiger partial charge in [0.25, 0.3) is 0 Å². The fourth-order valence-corrected chi connectivity index (χ4v) is 3.88. The first kappa shape index (κ1) is 15.3. The normalized spacial score (nSPS) is 18.7. The summed E-state index contributed by atoms with van der Waals surface area (Å²) in [4.78, 5) is 0.319. The third-order valence-corrected chi connectivity index (χ3v) is 5.34. The Bertz CT molecular complexity index is 425. The highest BCUT2D eigenvalue weighted by atomic mass is 79.9. The molecule has 0 radical (unpaired) electrons. The summed E-state index contributed by atoms with van der Waals surface area (Å²) in [5.41, 5.74) is 1.35. The van der Waals surface area contributed by atoms with E-state index < -0.39 is 0 Å². The Balaban J connectivity index is 2.06. The summed E-state index contributed by atoms with van der Waals surface area (Å²) >= 11 is 7.36. The van der Waals surface area contributed by atoms with E-state index in [1.54, 1.807) is 0 Å². The minimum Gasteiger partial charge on any atom is -0.493 e. The summed E-state index contributed by atoms with van der Waals surface area (Å²) in [6.45, 7) is 2.68. The third-order valence-electron chi connectivity index (χ3n) is 3.87. The molecule has 1 atom stereocenters. The van der Waals surface area contributed by atoms with Crippen LogP contribution >= 0.6 is 31.9 Å². The minimum atomic E-state index is 0.0826. The maximum absolute atomic E-state index is 5.69. The molecule has 0 saturated heterocycles. The second kappa shape index (κ2) is 6.59. The van der Waals surface area contributed by atoms with Gasteiger partial charge in [0.15, 0.2) is 0 Å². The van der Waals surface area contributed by atoms with Gasteiger partial charge in [0.1, 0.15) is 5.75 Å². The zero-order valence-corrected chi connectivity index (χ0v) is 14.6. The molecular formula is C15H20Br2O2. The van der Waals surface area contributed by atoms with Crippen molar-refractivity contribution < 1.29 is 9.47 Å². The molecule has 0 spiro atoms. The molecule has 1 fully saturated rings. The molecule has 0 N–H and O–H groups in total. The van der Waals surface area contributed by atoms with Crippen LogP contribution in [0.15, 0.2) is 22.7 Å². The molecule has 2 nitrogen and oxygen atoms in total. The second-order valence-electron chi connectivity index (χ2n) is 5.04. The zero-order valence-electron chi connectivity index (χ0n) is 11.4. The molecule has 0 bridgehead atoms. The molecule has 0 aromatic heterocycles. The van der Waals surface area contributed by atoms with Gasteiger partial charge in [-0.3, -0.25) is 0 Å². The zero-order chi connectivity index (χ0) is 13.9. The van der Waals surface area contributed by atoms with E-state index in [1.807, 2.05) is 20.1 Å². The average Bonchev–Trinajstić information content (AvgIpc) is 2.36. The monoisotopic (exact) mass is 390 g/mol. The van der Waals surface area contributed by atoms with Gasteiger partial charge in [-0.25, -0.2) is 0 Å². The van der Waals surface area contributed by atoms with Crippen LogP contribution in [-0.2, 0) is 4.74 Å². The number of hydrogen-bond acceptors (Lipinski definition) is 2. The van der Waals surface area contributed by atoms with E-state index >= 15 is 0 Å². The van der Waals surface area contributed by atoms with Gasteiger partial charge in [0.05, 0.1) is 16.7 Å². The Morgan fingerprint density at radius 3 is 2.58 bits per heavy atom. The van der Waals surface area contributed by atoms with E-state index in [0.717, 1.165) is 16.6 Å². The molecule has 0 amide bonds. The smallest absolute Gasteiger partial charge is 0.133 e. The van der Waals surface area contributed by atoms with Crippen LogP contribution in [0.2, 0.25) is 0 Å². The lowest BCUT2D eigenvalue weighted by molar-refractivity contribution is -0.0773. The Labute approximate surface area is 132 Å². The Morgan fingerprint density at radius 2 is 2.11 bits per heavy atom. The molecule has 2 rings (SSSR count). The van der Waals surface area contributed by atoms with Gasteiger partial charge in [0, 0.05) is 11.9 Å². The minimum absolute atomic E-state index is 0.0826. The first-order chi connectivity index (χ1) is 9.10. The van der Waals surface area contributed by atoms with E-state index in [0.29, 0.717) is 11.4 Å². The number of ether oxygens (including phenoxy) is 2. The fourth-order valence-electron chi connectivity index (χ4n) is 2.49. The van der Waals surface area contributed by atoms with Crippen LogP contribution in [0, 0.1) is 0 Å². The summed E-state index contributed by atoms with van der Waals surface area (Å²) in [5.74, 6) is 0.899. The average molecular weight is 392 g/mol. The van der Waals surface area contributed by atoms with Crippen molar-refractivity contribution in [3.8, 4) is 5.75 Å². The van der Waals surface area contributed by atoms with Crippen LogP contribution in [0.4, 0.5) is 0 Å². The standard InChI is InChI=1S/C15H20Br2O2/c1-3-19-14-6-5-11(9-12(14)16)13(17)10-15(18-2)7-4-8-15/h5-6,9,13H,3-4,7-8,10H2,1-2H3. The van der Waals surface area contributed by atoms with Crippen molar-refractivity contribution in [3.63, 3.8) is 0 Å². The summed E-state index contributed by atoms with van der Waals surface area (Å²) in [5, 5.41) is 0. The van der Waals surface area contributed by atoms with Crippen molar-refractivity contribution in [2.24, 2.45) is 0 Å². The van der Waals surface area contributed by atoms with E-state index in [1.165, 1.54) is 24.8 Å². The SMILES string of the molecule is CCOc1ccc(C(Br)CC2(OC)CCC2)cc1Br. The molecular weight excluding hydrogens is 372 g/mol. The Kier molecular flexibility index (Phi) is 5.32. The second-order valence-corrected chi connectivity index (χ2v) is 6.99. The number of benzene rings is 1. The summed E-state index contributed by atoms with van der Waals surface area (Å²) in [7, 11) is 1.83. The highest BCUT2D eigenvalue weighted by Gasteiger charge is 2.38. The molecule has 0 heterocycles. The van der Waals surface area contributed by atoms with Gasteiger partial charge in [-0.2, -0.15) is 0 Å². The van der Waals surface area contributed by atoms with Crippen molar-refractivity contribution in [1.82, 2.24) is 0 Å². The molecule has 1 unspecified atom stereocenters. The van der Waals surface area contributed by atoms with Crippen LogP contribution in [0.3, 0.4) is 0 Å². The number of rotatable bonds is 6. The largest absolute Gasteiger partial charge is 0.493 e. The lowest BCUT2D eigenvalue weighted by Gasteiger charge is -2.42. The maximum atomic E-state index is 5.69. The third kappa shape index (κ3) is 3.53. The highest BCUT2D eigenvalue weighted by molar-refractivity contribution is 9.10. The summed E-state index contributed by atoms with van der Waals surface area (Å²) in [6, 6.07) is 6.28. The number of methoxy groups -OCH3 is 1. The Hall–Kier alpha value is -0.0600. The van der Waals surface area contributed by atoms with Crippen LogP contribution in [-0.4, -0.2) is 19.3 Å². The van der Waals surface area contributed by atoms with Crippen molar-refractivity contribution in [1.29, 1.82) is 0 Å². The quantitative estimate of drug-likeness (QED) is 0.617. The molecule has 1 aliphatic carbocycles. The number of hydrogen-bond donors (Lipinski definition) is 0. The van der Waals surface area contributed by atoms with Crippen molar-refractivity contribution in [3.05, 3.63) is 28.2 Å². The first-order valence-corrected chi connectivity index (χ1v) is 8.42. The molecule has 0 aliphatic heterocycles.